The van der Waals surface area contributed by atoms with Crippen LogP contribution in [0.25, 0.3) is 10.9 Å². The van der Waals surface area contributed by atoms with E-state index in [1.165, 1.54) is 0 Å². The molecule has 4 rings (SSSR count). The Morgan fingerprint density at radius 3 is 2.80 bits per heavy atom. The van der Waals surface area contributed by atoms with Crippen LogP contribution >= 0.6 is 0 Å². The monoisotopic (exact) mass is 335 g/mol. The number of carboxylic acids is 1. The molecule has 1 aliphatic rings. The van der Waals surface area contributed by atoms with E-state index in [1.807, 2.05) is 12.1 Å². The van der Waals surface area contributed by atoms with E-state index in [-0.39, 0.29) is 5.56 Å². The molecule has 5 nitrogen and oxygen atoms in total. The second kappa shape index (κ2) is 5.92. The molecule has 0 atom stereocenters. The molecule has 25 heavy (non-hydrogen) atoms. The van der Waals surface area contributed by atoms with Crippen molar-refractivity contribution in [3.05, 3.63) is 53.9 Å². The summed E-state index contributed by atoms with van der Waals surface area (Å²) >= 11 is 0. The summed E-state index contributed by atoms with van der Waals surface area (Å²) in [5, 5.41) is 13.9. The van der Waals surface area contributed by atoms with E-state index in [1.54, 1.807) is 12.3 Å². The minimum absolute atomic E-state index is 0.227. The van der Waals surface area contributed by atoms with Crippen molar-refractivity contribution in [1.29, 1.82) is 0 Å². The Morgan fingerprint density at radius 1 is 1.32 bits per heavy atom. The lowest BCUT2D eigenvalue weighted by Gasteiger charge is -2.13. The van der Waals surface area contributed by atoms with Gasteiger partial charge in [-0.2, -0.15) is 0 Å². The number of nitrogens with zero attached hydrogens (tertiary/aromatic N) is 2. The maximum Gasteiger partial charge on any atom is 0.339 e. The van der Waals surface area contributed by atoms with Gasteiger partial charge in [-0.3, -0.25) is 0 Å². The maximum absolute atomic E-state index is 11.7. The highest BCUT2D eigenvalue weighted by Gasteiger charge is 2.26. The Balaban J connectivity index is 1.75. The van der Waals surface area contributed by atoms with Crippen LogP contribution < -0.4 is 5.32 Å². The minimum Gasteiger partial charge on any atom is -0.478 e. The van der Waals surface area contributed by atoms with Crippen LogP contribution in [-0.4, -0.2) is 20.6 Å². The first-order valence-electron chi connectivity index (χ1n) is 8.64. The molecule has 1 aromatic carbocycles. The molecule has 1 saturated carbocycles. The average molecular weight is 335 g/mol. The molecule has 2 N–H and O–H groups in total. The fourth-order valence-corrected chi connectivity index (χ4v) is 3.26. The van der Waals surface area contributed by atoms with Crippen LogP contribution in [0, 0.1) is 0 Å². The van der Waals surface area contributed by atoms with Crippen molar-refractivity contribution in [2.24, 2.45) is 0 Å². The van der Waals surface area contributed by atoms with Crippen molar-refractivity contribution in [2.45, 2.75) is 38.6 Å². The van der Waals surface area contributed by atoms with E-state index >= 15 is 0 Å². The van der Waals surface area contributed by atoms with Crippen LogP contribution in [0.4, 0.5) is 11.5 Å². The van der Waals surface area contributed by atoms with Crippen molar-refractivity contribution < 1.29 is 9.90 Å². The number of carbonyl (C=O) groups is 1. The predicted octanol–water partition coefficient (Wildman–Crippen LogP) is 4.94. The van der Waals surface area contributed by atoms with E-state index in [4.69, 9.17) is 0 Å². The van der Waals surface area contributed by atoms with Crippen molar-refractivity contribution in [3.8, 4) is 0 Å². The second-order valence-electron chi connectivity index (χ2n) is 6.92. The molecule has 0 aliphatic heterocycles. The van der Waals surface area contributed by atoms with Gasteiger partial charge in [0, 0.05) is 29.5 Å². The number of pyridine rings is 1. The van der Waals surface area contributed by atoms with E-state index in [9.17, 15) is 9.90 Å². The highest BCUT2D eigenvalue weighted by Crippen LogP contribution is 2.40. The van der Waals surface area contributed by atoms with Gasteiger partial charge in [-0.15, -0.1) is 0 Å². The summed E-state index contributed by atoms with van der Waals surface area (Å²) in [6.45, 7) is 4.28. The summed E-state index contributed by atoms with van der Waals surface area (Å²) in [5.41, 5.74) is 3.23. The first-order valence-corrected chi connectivity index (χ1v) is 8.64. The quantitative estimate of drug-likeness (QED) is 0.693. The Labute approximate surface area is 146 Å². The molecule has 2 heterocycles. The zero-order valence-electron chi connectivity index (χ0n) is 14.4. The lowest BCUT2D eigenvalue weighted by Crippen LogP contribution is -2.06. The molecule has 3 aromatic rings. The highest BCUT2D eigenvalue weighted by molar-refractivity contribution is 5.98. The molecule has 0 unspecified atom stereocenters. The summed E-state index contributed by atoms with van der Waals surface area (Å²) in [6.07, 6.45) is 6.10. The van der Waals surface area contributed by atoms with Crippen molar-refractivity contribution in [1.82, 2.24) is 9.55 Å². The fourth-order valence-electron chi connectivity index (χ4n) is 3.26. The number of anilines is 2. The third-order valence-electron chi connectivity index (χ3n) is 4.76. The van der Waals surface area contributed by atoms with Crippen molar-refractivity contribution >= 4 is 28.4 Å². The third-order valence-corrected chi connectivity index (χ3v) is 4.76. The molecule has 128 valence electrons. The summed E-state index contributed by atoms with van der Waals surface area (Å²) in [7, 11) is 0. The molecular formula is C20H21N3O2. The Bertz CT molecular complexity index is 955. The van der Waals surface area contributed by atoms with Crippen LogP contribution in [0.2, 0.25) is 0 Å². The zero-order chi connectivity index (χ0) is 17.6. The Kier molecular flexibility index (Phi) is 3.71. The molecule has 1 fully saturated rings. The van der Waals surface area contributed by atoms with Gasteiger partial charge < -0.3 is 15.0 Å². The SMILES string of the molecule is CC(C)n1ccc2c(Nc3ncc(C4CC4)cc3C(=O)O)cccc21. The standard InChI is InChI=1S/C20H21N3O2/c1-12(2)23-9-8-15-17(4-3-5-18(15)23)22-19-16(20(24)25)10-14(11-21-19)13-6-7-13/h3-5,8-13H,6-7H2,1-2H3,(H,21,22)(H,24,25). The molecule has 1 aliphatic carbocycles. The van der Waals surface area contributed by atoms with Gasteiger partial charge in [-0.05, 0) is 62.4 Å². The zero-order valence-corrected chi connectivity index (χ0v) is 14.4. The molecule has 2 aromatic heterocycles. The van der Waals surface area contributed by atoms with Gasteiger partial charge in [0.05, 0.1) is 5.52 Å². The molecule has 0 radical (unpaired) electrons. The first-order chi connectivity index (χ1) is 12.0. The molecule has 5 heteroatoms. The number of aromatic carboxylic acids is 1. The number of fused-ring (bicyclic) bond motifs is 1. The second-order valence-corrected chi connectivity index (χ2v) is 6.92. The highest BCUT2D eigenvalue weighted by atomic mass is 16.4. The van der Waals surface area contributed by atoms with Crippen LogP contribution in [0.3, 0.4) is 0 Å². The largest absolute Gasteiger partial charge is 0.478 e. The Morgan fingerprint density at radius 2 is 2.12 bits per heavy atom. The lowest BCUT2D eigenvalue weighted by atomic mass is 10.1. The number of rotatable bonds is 5. The van der Waals surface area contributed by atoms with Gasteiger partial charge in [0.15, 0.2) is 0 Å². The van der Waals surface area contributed by atoms with Crippen LogP contribution in [0.1, 0.15) is 54.6 Å². The van der Waals surface area contributed by atoms with Gasteiger partial charge in [0.1, 0.15) is 11.4 Å². The van der Waals surface area contributed by atoms with Gasteiger partial charge in [0.2, 0.25) is 0 Å². The number of hydrogen-bond donors (Lipinski definition) is 2. The maximum atomic E-state index is 11.7. The lowest BCUT2D eigenvalue weighted by molar-refractivity contribution is 0.0697. The number of nitrogens with one attached hydrogen (secondary N) is 1. The van der Waals surface area contributed by atoms with Gasteiger partial charge in [0.25, 0.3) is 0 Å². The first kappa shape index (κ1) is 15.7. The number of carboxylic acid groups (broad SMARTS) is 1. The molecule has 0 bridgehead atoms. The minimum atomic E-state index is -0.954. The number of hydrogen-bond acceptors (Lipinski definition) is 3. The fraction of sp³-hybridized carbons (Fsp3) is 0.300. The summed E-state index contributed by atoms with van der Waals surface area (Å²) in [6, 6.07) is 10.2. The van der Waals surface area contributed by atoms with Gasteiger partial charge in [-0.25, -0.2) is 9.78 Å². The normalized spacial score (nSPS) is 14.2. The van der Waals surface area contributed by atoms with E-state index in [2.05, 4.69) is 47.0 Å². The van der Waals surface area contributed by atoms with Crippen LogP contribution in [0.15, 0.2) is 42.7 Å². The summed E-state index contributed by atoms with van der Waals surface area (Å²) < 4.78 is 2.20. The molecule has 0 amide bonds. The van der Waals surface area contributed by atoms with Gasteiger partial charge >= 0.3 is 5.97 Å². The predicted molar refractivity (Wildman–Crippen MR) is 98.8 cm³/mol. The smallest absolute Gasteiger partial charge is 0.339 e. The van der Waals surface area contributed by atoms with E-state index in [0.717, 1.165) is 35.0 Å². The van der Waals surface area contributed by atoms with Gasteiger partial charge in [-0.1, -0.05) is 6.07 Å². The molecular weight excluding hydrogens is 314 g/mol. The topological polar surface area (TPSA) is 67.2 Å². The van der Waals surface area contributed by atoms with Crippen LogP contribution in [0.5, 0.6) is 0 Å². The summed E-state index contributed by atoms with van der Waals surface area (Å²) in [5.74, 6) is -0.0886. The average Bonchev–Trinajstić information content (AvgIpc) is 3.33. The molecule has 0 saturated heterocycles. The number of benzene rings is 1. The number of aromatic nitrogens is 2. The third kappa shape index (κ3) is 2.86. The van der Waals surface area contributed by atoms with E-state index in [0.29, 0.717) is 17.8 Å². The van der Waals surface area contributed by atoms with Crippen molar-refractivity contribution in [2.75, 3.05) is 5.32 Å². The Hall–Kier alpha value is -2.82. The van der Waals surface area contributed by atoms with Crippen molar-refractivity contribution in [3.63, 3.8) is 0 Å². The van der Waals surface area contributed by atoms with Crippen LogP contribution in [-0.2, 0) is 0 Å². The summed E-state index contributed by atoms with van der Waals surface area (Å²) in [4.78, 5) is 16.1. The van der Waals surface area contributed by atoms with E-state index < -0.39 is 5.97 Å². The molecule has 0 spiro atoms.